The van der Waals surface area contributed by atoms with E-state index in [9.17, 15) is 4.79 Å². The maximum absolute atomic E-state index is 11.7. The summed E-state index contributed by atoms with van der Waals surface area (Å²) in [6, 6.07) is 9.59. The van der Waals surface area contributed by atoms with Crippen molar-refractivity contribution in [1.29, 1.82) is 0 Å². The van der Waals surface area contributed by atoms with Crippen molar-refractivity contribution in [2.75, 3.05) is 10.6 Å². The Bertz CT molecular complexity index is 622. The molecule has 2 aromatic rings. The number of benzene rings is 1. The molecule has 0 aliphatic carbocycles. The van der Waals surface area contributed by atoms with E-state index < -0.39 is 0 Å². The largest absolute Gasteiger partial charge is 0.379 e. The third-order valence-corrected chi connectivity index (χ3v) is 3.05. The van der Waals surface area contributed by atoms with Gasteiger partial charge in [-0.3, -0.25) is 4.79 Å². The molecule has 0 atom stereocenters. The van der Waals surface area contributed by atoms with Gasteiger partial charge in [0.15, 0.2) is 5.78 Å². The van der Waals surface area contributed by atoms with Crippen molar-refractivity contribution in [2.45, 2.75) is 13.5 Å². The van der Waals surface area contributed by atoms with E-state index in [-0.39, 0.29) is 5.78 Å². The van der Waals surface area contributed by atoms with Crippen LogP contribution in [0.1, 0.15) is 22.8 Å². The smallest absolute Gasteiger partial charge is 0.161 e. The number of nitrogens with zero attached hydrogens (tertiary/aromatic N) is 1. The highest BCUT2D eigenvalue weighted by Crippen LogP contribution is 2.33. The van der Waals surface area contributed by atoms with Crippen molar-refractivity contribution >= 4 is 23.0 Å². The van der Waals surface area contributed by atoms with Crippen LogP contribution in [0, 0.1) is 0 Å². The fourth-order valence-electron chi connectivity index (χ4n) is 2.13. The number of nitrogens with one attached hydrogen (secondary N) is 2. The predicted molar refractivity (Wildman–Crippen MR) is 71.3 cm³/mol. The fourth-order valence-corrected chi connectivity index (χ4v) is 2.13. The fraction of sp³-hybridized carbons (Fsp3) is 0.143. The maximum Gasteiger partial charge on any atom is 0.161 e. The van der Waals surface area contributed by atoms with Gasteiger partial charge in [-0.05, 0) is 25.1 Å². The molecule has 0 saturated carbocycles. The van der Waals surface area contributed by atoms with Gasteiger partial charge < -0.3 is 10.6 Å². The Morgan fingerprint density at radius 2 is 2.17 bits per heavy atom. The molecule has 4 heteroatoms. The number of carbonyl (C=O) groups excluding carboxylic acids is 1. The van der Waals surface area contributed by atoms with Crippen molar-refractivity contribution in [3.63, 3.8) is 0 Å². The van der Waals surface area contributed by atoms with Crippen LogP contribution in [0.5, 0.6) is 0 Å². The van der Waals surface area contributed by atoms with Crippen LogP contribution in [0.3, 0.4) is 0 Å². The molecule has 1 aliphatic rings. The van der Waals surface area contributed by atoms with Gasteiger partial charge in [-0.1, -0.05) is 12.1 Å². The number of aromatic nitrogens is 1. The summed E-state index contributed by atoms with van der Waals surface area (Å²) in [6.45, 7) is 2.27. The number of ketones is 1. The van der Waals surface area contributed by atoms with Crippen LogP contribution < -0.4 is 10.6 Å². The van der Waals surface area contributed by atoms with Gasteiger partial charge in [0.2, 0.25) is 0 Å². The first kappa shape index (κ1) is 10.8. The number of hydrogen-bond donors (Lipinski definition) is 2. The molecular weight excluding hydrogens is 226 g/mol. The zero-order valence-electron chi connectivity index (χ0n) is 10.0. The molecule has 18 heavy (non-hydrogen) atoms. The van der Waals surface area contributed by atoms with Gasteiger partial charge in [0.05, 0.1) is 11.4 Å². The first-order chi connectivity index (χ1) is 8.75. The summed E-state index contributed by atoms with van der Waals surface area (Å²) in [7, 11) is 0. The van der Waals surface area contributed by atoms with Crippen molar-refractivity contribution in [3.8, 4) is 0 Å². The van der Waals surface area contributed by atoms with Crippen LogP contribution >= 0.6 is 0 Å². The number of fused-ring (bicyclic) bond motifs is 2. The second kappa shape index (κ2) is 4.14. The molecule has 1 aromatic carbocycles. The van der Waals surface area contributed by atoms with Gasteiger partial charge in [0.1, 0.15) is 5.82 Å². The first-order valence-electron chi connectivity index (χ1n) is 5.84. The molecule has 0 unspecified atom stereocenters. The molecule has 2 N–H and O–H groups in total. The second-order valence-corrected chi connectivity index (χ2v) is 4.27. The zero-order valence-corrected chi connectivity index (χ0v) is 10.0. The summed E-state index contributed by atoms with van der Waals surface area (Å²) in [5.41, 5.74) is 3.50. The van der Waals surface area contributed by atoms with Gasteiger partial charge in [-0.15, -0.1) is 0 Å². The lowest BCUT2D eigenvalue weighted by atomic mass is 10.1. The van der Waals surface area contributed by atoms with Crippen LogP contribution in [0.4, 0.5) is 17.2 Å². The van der Waals surface area contributed by atoms with Crippen LogP contribution in [-0.2, 0) is 6.54 Å². The molecule has 90 valence electrons. The number of carbonyl (C=O) groups is 1. The number of rotatable bonds is 1. The highest BCUT2D eigenvalue weighted by molar-refractivity contribution is 6.03. The van der Waals surface area contributed by atoms with E-state index >= 15 is 0 Å². The highest BCUT2D eigenvalue weighted by Gasteiger charge is 2.17. The minimum absolute atomic E-state index is 0.0422. The SMILES string of the molecule is CC(=O)c1cccc2c1Nc1ncccc1CN2. The molecule has 0 fully saturated rings. The number of anilines is 3. The maximum atomic E-state index is 11.7. The van der Waals surface area contributed by atoms with Crippen LogP contribution in [0.15, 0.2) is 36.5 Å². The molecular formula is C14H13N3O. The predicted octanol–water partition coefficient (Wildman–Crippen LogP) is 2.95. The molecule has 3 rings (SSSR count). The molecule has 2 heterocycles. The zero-order chi connectivity index (χ0) is 12.5. The van der Waals surface area contributed by atoms with Crippen molar-refractivity contribution in [2.24, 2.45) is 0 Å². The normalized spacial score (nSPS) is 12.5. The van der Waals surface area contributed by atoms with Gasteiger partial charge in [-0.25, -0.2) is 4.98 Å². The summed E-state index contributed by atoms with van der Waals surface area (Å²) in [5.74, 6) is 0.845. The molecule has 0 saturated heterocycles. The molecule has 0 bridgehead atoms. The Kier molecular flexibility index (Phi) is 2.48. The Labute approximate surface area is 105 Å². The molecule has 4 nitrogen and oxygen atoms in total. The van der Waals surface area contributed by atoms with Crippen LogP contribution in [0.25, 0.3) is 0 Å². The summed E-state index contributed by atoms with van der Waals surface area (Å²) < 4.78 is 0. The third-order valence-electron chi connectivity index (χ3n) is 3.05. The summed E-state index contributed by atoms with van der Waals surface area (Å²) in [6.07, 6.45) is 1.74. The van der Waals surface area contributed by atoms with Gasteiger partial charge in [-0.2, -0.15) is 0 Å². The summed E-state index contributed by atoms with van der Waals surface area (Å²) >= 11 is 0. The average molecular weight is 239 g/mol. The summed E-state index contributed by atoms with van der Waals surface area (Å²) in [5, 5.41) is 6.58. The summed E-state index contributed by atoms with van der Waals surface area (Å²) in [4.78, 5) is 16.0. The molecule has 0 radical (unpaired) electrons. The molecule has 1 aromatic heterocycles. The monoisotopic (exact) mass is 239 g/mol. The van der Waals surface area contributed by atoms with E-state index in [1.807, 2.05) is 30.3 Å². The van der Waals surface area contributed by atoms with Gasteiger partial charge in [0.25, 0.3) is 0 Å². The van der Waals surface area contributed by atoms with Gasteiger partial charge >= 0.3 is 0 Å². The minimum atomic E-state index is 0.0422. The van der Waals surface area contributed by atoms with Crippen molar-refractivity contribution in [1.82, 2.24) is 4.98 Å². The van der Waals surface area contributed by atoms with E-state index in [1.165, 1.54) is 0 Å². The minimum Gasteiger partial charge on any atom is -0.379 e. The Hall–Kier alpha value is -2.36. The van der Waals surface area contributed by atoms with Crippen molar-refractivity contribution < 1.29 is 4.79 Å². The second-order valence-electron chi connectivity index (χ2n) is 4.27. The lowest BCUT2D eigenvalue weighted by Crippen LogP contribution is -2.02. The van der Waals surface area contributed by atoms with E-state index in [0.717, 1.165) is 22.8 Å². The van der Waals surface area contributed by atoms with E-state index in [2.05, 4.69) is 15.6 Å². The van der Waals surface area contributed by atoms with Crippen molar-refractivity contribution in [3.05, 3.63) is 47.7 Å². The number of para-hydroxylation sites is 1. The lowest BCUT2D eigenvalue weighted by molar-refractivity contribution is 0.101. The lowest BCUT2D eigenvalue weighted by Gasteiger charge is -2.12. The topological polar surface area (TPSA) is 54.0 Å². The Morgan fingerprint density at radius 3 is 3.00 bits per heavy atom. The number of Topliss-reactive ketones (excluding diaryl/α,β-unsaturated/α-hetero) is 1. The first-order valence-corrected chi connectivity index (χ1v) is 5.84. The molecule has 1 aliphatic heterocycles. The third kappa shape index (κ3) is 1.72. The average Bonchev–Trinajstić information content (AvgIpc) is 2.57. The van der Waals surface area contributed by atoms with Crippen LogP contribution in [0.2, 0.25) is 0 Å². The highest BCUT2D eigenvalue weighted by atomic mass is 16.1. The quantitative estimate of drug-likeness (QED) is 0.751. The van der Waals surface area contributed by atoms with E-state index in [0.29, 0.717) is 12.1 Å². The Morgan fingerprint density at radius 1 is 1.28 bits per heavy atom. The van der Waals surface area contributed by atoms with Gasteiger partial charge in [0, 0.05) is 23.9 Å². The Balaban J connectivity index is 2.15. The van der Waals surface area contributed by atoms with Crippen LogP contribution in [-0.4, -0.2) is 10.8 Å². The molecule has 0 spiro atoms. The standard InChI is InChI=1S/C14H13N3O/c1-9(18)11-5-2-6-12-13(11)17-14-10(8-16-12)4-3-7-15-14/h2-7,16H,8H2,1H3,(H,15,17). The van der Waals surface area contributed by atoms with E-state index in [4.69, 9.17) is 0 Å². The number of hydrogen-bond acceptors (Lipinski definition) is 4. The molecule has 0 amide bonds. The number of pyridine rings is 1. The van der Waals surface area contributed by atoms with E-state index in [1.54, 1.807) is 13.1 Å².